The minimum atomic E-state index is -4.05. The molecule has 2 aliphatic heterocycles. The summed E-state index contributed by atoms with van der Waals surface area (Å²) in [5, 5.41) is 3.56. The lowest BCUT2D eigenvalue weighted by Gasteiger charge is -2.36. The summed E-state index contributed by atoms with van der Waals surface area (Å²) >= 11 is 0. The Morgan fingerprint density at radius 3 is 2.00 bits per heavy atom. The lowest BCUT2D eigenvalue weighted by molar-refractivity contribution is 0.0993. The van der Waals surface area contributed by atoms with E-state index in [9.17, 15) is 13.2 Å². The molecule has 0 bridgehead atoms. The molecule has 0 radical (unpaired) electrons. The second-order valence-corrected chi connectivity index (χ2v) is 14.9. The summed E-state index contributed by atoms with van der Waals surface area (Å²) in [6, 6.07) is 32.7. The van der Waals surface area contributed by atoms with Crippen LogP contribution in [-0.2, 0) is 16.4 Å². The van der Waals surface area contributed by atoms with Crippen LogP contribution >= 0.6 is 0 Å². The first kappa shape index (κ1) is 33.6. The Kier molecular flexibility index (Phi) is 10.7. The van der Waals surface area contributed by atoms with Gasteiger partial charge in [0.25, 0.3) is 15.9 Å². The fraction of sp³-hybridized carbons (Fsp3) is 0.359. The topological polar surface area (TPSA) is 76.2 Å². The number of piperidine rings is 1. The number of para-hydroxylation sites is 2. The molecule has 1 amide bonds. The fourth-order valence-corrected chi connectivity index (χ4v) is 8.31. The maximum atomic E-state index is 14.6. The predicted octanol–water partition coefficient (Wildman–Crippen LogP) is 6.76. The third kappa shape index (κ3) is 7.69. The van der Waals surface area contributed by atoms with Crippen molar-refractivity contribution >= 4 is 38.7 Å². The van der Waals surface area contributed by atoms with E-state index in [-0.39, 0.29) is 10.8 Å². The number of sulfonamides is 1. The normalized spacial score (nSPS) is 15.8. The van der Waals surface area contributed by atoms with Crippen molar-refractivity contribution in [2.45, 2.75) is 37.0 Å². The monoisotopic (exact) mass is 665 g/mol. The summed E-state index contributed by atoms with van der Waals surface area (Å²) in [6.07, 6.45) is 5.34. The van der Waals surface area contributed by atoms with Gasteiger partial charge in [-0.05, 0) is 93.1 Å². The van der Waals surface area contributed by atoms with Gasteiger partial charge < -0.3 is 20.0 Å². The molecule has 48 heavy (non-hydrogen) atoms. The van der Waals surface area contributed by atoms with Crippen molar-refractivity contribution in [3.05, 3.63) is 114 Å². The van der Waals surface area contributed by atoms with Gasteiger partial charge in [-0.25, -0.2) is 8.42 Å². The number of likely N-dealkylation sites (tertiary alicyclic amines) is 1. The Bertz CT molecular complexity index is 1760. The first-order chi connectivity index (χ1) is 23.3. The van der Waals surface area contributed by atoms with Crippen LogP contribution in [0.5, 0.6) is 0 Å². The van der Waals surface area contributed by atoms with E-state index in [1.807, 2.05) is 60.7 Å². The highest BCUT2D eigenvalue weighted by atomic mass is 32.2. The Morgan fingerprint density at radius 1 is 0.792 bits per heavy atom. The molecule has 0 atom stereocenters. The lowest BCUT2D eigenvalue weighted by atomic mass is 9.90. The molecule has 6 rings (SSSR count). The number of anilines is 4. The first-order valence-electron chi connectivity index (χ1n) is 17.1. The maximum Gasteiger partial charge on any atom is 0.266 e. The van der Waals surface area contributed by atoms with Crippen LogP contribution in [0.1, 0.15) is 41.6 Å². The number of carbonyl (C=O) groups is 1. The molecule has 0 aromatic heterocycles. The van der Waals surface area contributed by atoms with Gasteiger partial charge in [0, 0.05) is 51.6 Å². The Labute approximate surface area is 286 Å². The Hall–Kier alpha value is -4.34. The molecule has 0 spiro atoms. The Balaban J connectivity index is 1.38. The molecule has 0 unspecified atom stereocenters. The highest BCUT2D eigenvalue weighted by Gasteiger charge is 2.32. The van der Waals surface area contributed by atoms with Crippen molar-refractivity contribution in [2.75, 3.05) is 72.8 Å². The maximum absolute atomic E-state index is 14.6. The molecule has 0 aliphatic carbocycles. The minimum absolute atomic E-state index is 0.144. The molecule has 4 aromatic rings. The van der Waals surface area contributed by atoms with Gasteiger partial charge in [0.15, 0.2) is 0 Å². The van der Waals surface area contributed by atoms with Crippen LogP contribution in [0.2, 0.25) is 0 Å². The molecular formula is C39H47N5O3S. The zero-order chi connectivity index (χ0) is 33.5. The standard InChI is InChI=1S/C39H47N5O3S/c1-41(33-16-8-4-9-17-33)39(45)35-29-38(48(46,47)42(2)34-18-10-5-11-19-34)37(30-36(35)40-22-27-43-23-12-13-24-43)44-25-20-32(21-26-44)28-31-14-6-3-7-15-31/h3-11,14-19,29-30,32,40H,12-13,20-28H2,1-2H3. The van der Waals surface area contributed by atoms with Gasteiger partial charge in [-0.2, -0.15) is 0 Å². The molecule has 1 N–H and O–H groups in total. The smallest absolute Gasteiger partial charge is 0.266 e. The molecule has 4 aromatic carbocycles. The van der Waals surface area contributed by atoms with Crippen molar-refractivity contribution in [3.8, 4) is 0 Å². The summed E-state index contributed by atoms with van der Waals surface area (Å²) in [4.78, 5) is 20.6. The highest BCUT2D eigenvalue weighted by Crippen LogP contribution is 2.38. The molecule has 9 heteroatoms. The van der Waals surface area contributed by atoms with Crippen molar-refractivity contribution in [3.63, 3.8) is 0 Å². The molecule has 2 heterocycles. The summed E-state index contributed by atoms with van der Waals surface area (Å²) in [7, 11) is -0.725. The van der Waals surface area contributed by atoms with E-state index in [1.165, 1.54) is 22.7 Å². The van der Waals surface area contributed by atoms with E-state index in [0.29, 0.717) is 35.1 Å². The predicted molar refractivity (Wildman–Crippen MR) is 197 cm³/mol. The van der Waals surface area contributed by atoms with E-state index >= 15 is 0 Å². The zero-order valence-electron chi connectivity index (χ0n) is 28.1. The zero-order valence-corrected chi connectivity index (χ0v) is 28.9. The fourth-order valence-electron chi connectivity index (χ4n) is 6.90. The summed E-state index contributed by atoms with van der Waals surface area (Å²) in [5.74, 6) is 0.255. The van der Waals surface area contributed by atoms with Crippen LogP contribution in [0.3, 0.4) is 0 Å². The SMILES string of the molecule is CN(C(=O)c1cc(S(=O)(=O)N(C)c2ccccc2)c(N2CCC(Cc3ccccc3)CC2)cc1NCCN1CCCC1)c1ccccc1. The van der Waals surface area contributed by atoms with Crippen LogP contribution in [0.15, 0.2) is 108 Å². The molecule has 2 aliphatic rings. The minimum Gasteiger partial charge on any atom is -0.383 e. The first-order valence-corrected chi connectivity index (χ1v) is 18.6. The quantitative estimate of drug-likeness (QED) is 0.180. The number of amides is 1. The summed E-state index contributed by atoms with van der Waals surface area (Å²) in [6.45, 7) is 5.15. The molecule has 2 saturated heterocycles. The number of hydrogen-bond donors (Lipinski definition) is 1. The van der Waals surface area contributed by atoms with E-state index in [4.69, 9.17) is 0 Å². The molecular weight excluding hydrogens is 619 g/mol. The van der Waals surface area contributed by atoms with Gasteiger partial charge in [0.1, 0.15) is 4.90 Å². The van der Waals surface area contributed by atoms with Crippen LogP contribution < -0.4 is 19.4 Å². The van der Waals surface area contributed by atoms with Crippen LogP contribution in [-0.4, -0.2) is 72.6 Å². The highest BCUT2D eigenvalue weighted by molar-refractivity contribution is 7.93. The van der Waals surface area contributed by atoms with Gasteiger partial charge in [-0.1, -0.05) is 66.7 Å². The molecule has 8 nitrogen and oxygen atoms in total. The van der Waals surface area contributed by atoms with Crippen LogP contribution in [0.4, 0.5) is 22.7 Å². The van der Waals surface area contributed by atoms with Gasteiger partial charge in [0.05, 0.1) is 16.9 Å². The van der Waals surface area contributed by atoms with Crippen molar-refractivity contribution in [1.29, 1.82) is 0 Å². The Morgan fingerprint density at radius 2 is 1.38 bits per heavy atom. The summed E-state index contributed by atoms with van der Waals surface area (Å²) < 4.78 is 30.4. The third-order valence-electron chi connectivity index (χ3n) is 9.80. The summed E-state index contributed by atoms with van der Waals surface area (Å²) in [5.41, 5.74) is 4.26. The third-order valence-corrected chi connectivity index (χ3v) is 11.6. The van der Waals surface area contributed by atoms with Crippen LogP contribution in [0, 0.1) is 5.92 Å². The number of carbonyl (C=O) groups excluding carboxylic acids is 1. The second kappa shape index (κ2) is 15.3. The van der Waals surface area contributed by atoms with Crippen molar-refractivity contribution in [1.82, 2.24) is 4.90 Å². The largest absolute Gasteiger partial charge is 0.383 e. The number of benzene rings is 4. The average Bonchev–Trinajstić information content (AvgIpc) is 3.65. The van der Waals surface area contributed by atoms with E-state index in [1.54, 1.807) is 37.2 Å². The number of nitrogens with one attached hydrogen (secondary N) is 1. The number of rotatable bonds is 12. The van der Waals surface area contributed by atoms with Crippen molar-refractivity contribution < 1.29 is 13.2 Å². The number of hydrogen-bond acceptors (Lipinski definition) is 6. The number of nitrogens with zero attached hydrogens (tertiary/aromatic N) is 4. The van der Waals surface area contributed by atoms with Crippen LogP contribution in [0.25, 0.3) is 0 Å². The van der Waals surface area contributed by atoms with Gasteiger partial charge in [-0.15, -0.1) is 0 Å². The average molecular weight is 666 g/mol. The molecule has 0 saturated carbocycles. The van der Waals surface area contributed by atoms with E-state index < -0.39 is 10.0 Å². The second-order valence-electron chi connectivity index (χ2n) is 13.0. The van der Waals surface area contributed by atoms with Gasteiger partial charge in [-0.3, -0.25) is 9.10 Å². The van der Waals surface area contributed by atoms with E-state index in [0.717, 1.165) is 57.7 Å². The van der Waals surface area contributed by atoms with Gasteiger partial charge >= 0.3 is 0 Å². The molecule has 2 fully saturated rings. The van der Waals surface area contributed by atoms with Gasteiger partial charge in [0.2, 0.25) is 0 Å². The lowest BCUT2D eigenvalue weighted by Crippen LogP contribution is -2.37. The van der Waals surface area contributed by atoms with Crippen molar-refractivity contribution in [2.24, 2.45) is 5.92 Å². The van der Waals surface area contributed by atoms with E-state index in [2.05, 4.69) is 39.4 Å². The molecule has 252 valence electrons.